The van der Waals surface area contributed by atoms with Crippen LogP contribution < -0.4 is 5.32 Å². The van der Waals surface area contributed by atoms with Crippen LogP contribution in [0.25, 0.3) is 10.2 Å². The first-order valence-corrected chi connectivity index (χ1v) is 12.2. The fourth-order valence-electron chi connectivity index (χ4n) is 3.45. The molecule has 3 heterocycles. The Kier molecular flexibility index (Phi) is 5.26. The minimum Gasteiger partial charge on any atom is -0.301 e. The van der Waals surface area contributed by atoms with Crippen LogP contribution in [0.1, 0.15) is 30.4 Å². The summed E-state index contributed by atoms with van der Waals surface area (Å²) in [5.41, 5.74) is 3.12. The molecule has 1 aromatic carbocycles. The third kappa shape index (κ3) is 3.47. The van der Waals surface area contributed by atoms with E-state index in [9.17, 15) is 13.2 Å². The number of aryl methyl sites for hydroxylation is 2. The number of carbonyl (C=O) groups is 1. The molecular weight excluding hydrogens is 414 g/mol. The van der Waals surface area contributed by atoms with Gasteiger partial charge in [0.1, 0.15) is 10.3 Å². The molecule has 6 nitrogen and oxygen atoms in total. The van der Waals surface area contributed by atoms with E-state index in [4.69, 9.17) is 0 Å². The van der Waals surface area contributed by atoms with E-state index in [1.807, 2.05) is 26.0 Å². The van der Waals surface area contributed by atoms with E-state index in [1.54, 1.807) is 17.5 Å². The molecule has 1 fully saturated rings. The number of aromatic nitrogens is 1. The van der Waals surface area contributed by atoms with Gasteiger partial charge in [-0.05, 0) is 55.3 Å². The summed E-state index contributed by atoms with van der Waals surface area (Å²) in [5.74, 6) is -0.312. The number of thiazole rings is 1. The Hall–Kier alpha value is -1.81. The number of hydrogen-bond acceptors (Lipinski definition) is 6. The van der Waals surface area contributed by atoms with Crippen LogP contribution >= 0.6 is 22.7 Å². The number of nitrogens with zero attached hydrogens (tertiary/aromatic N) is 2. The van der Waals surface area contributed by atoms with Crippen LogP contribution in [0.3, 0.4) is 0 Å². The van der Waals surface area contributed by atoms with E-state index < -0.39 is 16.1 Å². The van der Waals surface area contributed by atoms with E-state index in [2.05, 4.69) is 10.3 Å². The molecular formula is C19H21N3O3S3. The number of amides is 1. The Morgan fingerprint density at radius 3 is 2.82 bits per heavy atom. The van der Waals surface area contributed by atoms with Gasteiger partial charge in [0.05, 0.1) is 10.2 Å². The summed E-state index contributed by atoms with van der Waals surface area (Å²) in [7, 11) is -3.67. The minimum absolute atomic E-state index is 0.276. The molecule has 9 heteroatoms. The molecule has 3 aromatic rings. The maximum Gasteiger partial charge on any atom is 0.253 e. The van der Waals surface area contributed by atoms with Crippen molar-refractivity contribution in [1.29, 1.82) is 0 Å². The highest BCUT2D eigenvalue weighted by atomic mass is 32.2. The van der Waals surface area contributed by atoms with Crippen molar-refractivity contribution in [1.82, 2.24) is 9.29 Å². The summed E-state index contributed by atoms with van der Waals surface area (Å²) in [6, 6.07) is 6.62. The second kappa shape index (κ2) is 7.55. The van der Waals surface area contributed by atoms with Crippen LogP contribution in [0, 0.1) is 13.8 Å². The fraction of sp³-hybridized carbons (Fsp3) is 0.368. The molecule has 1 aliphatic rings. The second-order valence-electron chi connectivity index (χ2n) is 6.92. The average molecular weight is 436 g/mol. The summed E-state index contributed by atoms with van der Waals surface area (Å²) >= 11 is 2.59. The lowest BCUT2D eigenvalue weighted by Gasteiger charge is -2.32. The largest absolute Gasteiger partial charge is 0.301 e. The first-order chi connectivity index (χ1) is 13.4. The Morgan fingerprint density at radius 2 is 2.07 bits per heavy atom. The van der Waals surface area contributed by atoms with Crippen molar-refractivity contribution in [3.8, 4) is 0 Å². The highest BCUT2D eigenvalue weighted by Crippen LogP contribution is 2.32. The monoisotopic (exact) mass is 435 g/mol. The molecule has 1 amide bonds. The van der Waals surface area contributed by atoms with Crippen LogP contribution in [0.15, 0.2) is 33.9 Å². The molecule has 1 atom stereocenters. The van der Waals surface area contributed by atoms with Crippen LogP contribution in [0.4, 0.5) is 5.13 Å². The number of anilines is 1. The van der Waals surface area contributed by atoms with Gasteiger partial charge in [-0.1, -0.05) is 29.9 Å². The maximum absolute atomic E-state index is 13.0. The molecule has 1 saturated heterocycles. The molecule has 0 bridgehead atoms. The van der Waals surface area contributed by atoms with E-state index in [0.29, 0.717) is 18.1 Å². The van der Waals surface area contributed by atoms with E-state index in [-0.39, 0.29) is 10.1 Å². The highest BCUT2D eigenvalue weighted by molar-refractivity contribution is 7.91. The van der Waals surface area contributed by atoms with E-state index >= 15 is 0 Å². The first-order valence-electron chi connectivity index (χ1n) is 9.11. The summed E-state index contributed by atoms with van der Waals surface area (Å²) in [4.78, 5) is 17.5. The second-order valence-corrected chi connectivity index (χ2v) is 11.0. The average Bonchev–Trinajstić information content (AvgIpc) is 3.35. The van der Waals surface area contributed by atoms with E-state index in [0.717, 1.165) is 34.2 Å². The Balaban J connectivity index is 1.60. The zero-order valence-electron chi connectivity index (χ0n) is 15.6. The number of nitrogens with one attached hydrogen (secondary N) is 1. The lowest BCUT2D eigenvalue weighted by molar-refractivity contribution is -0.120. The van der Waals surface area contributed by atoms with Gasteiger partial charge in [0, 0.05) is 6.54 Å². The number of carbonyl (C=O) groups excluding carboxylic acids is 1. The first kappa shape index (κ1) is 19.5. The molecule has 148 valence electrons. The third-order valence-electron chi connectivity index (χ3n) is 5.13. The van der Waals surface area contributed by atoms with Crippen molar-refractivity contribution in [2.24, 2.45) is 0 Å². The number of hydrogen-bond donors (Lipinski definition) is 1. The summed E-state index contributed by atoms with van der Waals surface area (Å²) in [6.07, 6.45) is 2.10. The van der Waals surface area contributed by atoms with Gasteiger partial charge in [0.15, 0.2) is 5.13 Å². The lowest BCUT2D eigenvalue weighted by Crippen LogP contribution is -2.49. The zero-order chi connectivity index (χ0) is 19.9. The molecule has 0 spiro atoms. The third-order valence-corrected chi connectivity index (χ3v) is 9.35. The van der Waals surface area contributed by atoms with Gasteiger partial charge in [-0.25, -0.2) is 13.4 Å². The van der Waals surface area contributed by atoms with Crippen molar-refractivity contribution in [3.63, 3.8) is 0 Å². The number of benzene rings is 1. The van der Waals surface area contributed by atoms with Crippen molar-refractivity contribution in [2.45, 2.75) is 43.4 Å². The van der Waals surface area contributed by atoms with Gasteiger partial charge in [0.2, 0.25) is 5.91 Å². The molecule has 4 rings (SSSR count). The number of piperidine rings is 1. The highest BCUT2D eigenvalue weighted by Gasteiger charge is 2.38. The number of sulfonamides is 1. The molecule has 0 saturated carbocycles. The minimum atomic E-state index is -3.67. The summed E-state index contributed by atoms with van der Waals surface area (Å²) < 4.78 is 28.6. The molecule has 2 aromatic heterocycles. The van der Waals surface area contributed by atoms with Gasteiger partial charge in [0.25, 0.3) is 10.0 Å². The van der Waals surface area contributed by atoms with Gasteiger partial charge in [-0.15, -0.1) is 11.3 Å². The molecule has 28 heavy (non-hydrogen) atoms. The Bertz CT molecular complexity index is 1120. The van der Waals surface area contributed by atoms with E-state index in [1.165, 1.54) is 27.0 Å². The Morgan fingerprint density at radius 1 is 1.25 bits per heavy atom. The lowest BCUT2D eigenvalue weighted by atomic mass is 10.0. The van der Waals surface area contributed by atoms with Gasteiger partial charge in [-0.2, -0.15) is 4.31 Å². The SMILES string of the molecule is Cc1ccc2sc(NC(=O)C3CCCCN3S(=O)(=O)c3cccs3)nc2c1C. The molecule has 1 aliphatic heterocycles. The summed E-state index contributed by atoms with van der Waals surface area (Å²) in [6.45, 7) is 4.40. The zero-order valence-corrected chi connectivity index (χ0v) is 18.1. The fourth-order valence-corrected chi connectivity index (χ4v) is 7.15. The van der Waals surface area contributed by atoms with Crippen LogP contribution in [0.5, 0.6) is 0 Å². The van der Waals surface area contributed by atoms with Crippen molar-refractivity contribution < 1.29 is 13.2 Å². The molecule has 1 unspecified atom stereocenters. The summed E-state index contributed by atoms with van der Waals surface area (Å²) in [5, 5.41) is 5.10. The maximum atomic E-state index is 13.0. The quantitative estimate of drug-likeness (QED) is 0.667. The van der Waals surface area contributed by atoms with Gasteiger partial charge >= 0.3 is 0 Å². The number of rotatable bonds is 4. The number of fused-ring (bicyclic) bond motifs is 1. The van der Waals surface area contributed by atoms with Gasteiger partial charge < -0.3 is 5.32 Å². The Labute approximate surface area is 172 Å². The molecule has 0 aliphatic carbocycles. The smallest absolute Gasteiger partial charge is 0.253 e. The van der Waals surface area contributed by atoms with Crippen LogP contribution in [-0.2, 0) is 14.8 Å². The number of thiophene rings is 1. The molecule has 1 N–H and O–H groups in total. The van der Waals surface area contributed by atoms with Crippen LogP contribution in [0.2, 0.25) is 0 Å². The predicted molar refractivity (Wildman–Crippen MR) is 114 cm³/mol. The van der Waals surface area contributed by atoms with Crippen LogP contribution in [-0.4, -0.2) is 36.2 Å². The normalized spacial score (nSPS) is 18.4. The predicted octanol–water partition coefficient (Wildman–Crippen LogP) is 4.16. The van der Waals surface area contributed by atoms with Gasteiger partial charge in [-0.3, -0.25) is 4.79 Å². The van der Waals surface area contributed by atoms with Crippen molar-refractivity contribution in [2.75, 3.05) is 11.9 Å². The van der Waals surface area contributed by atoms with Crippen molar-refractivity contribution >= 4 is 54.0 Å². The topological polar surface area (TPSA) is 79.4 Å². The molecule has 0 radical (unpaired) electrons. The standard InChI is InChI=1S/C19H21N3O3S3/c1-12-8-9-15-17(13(12)2)20-19(27-15)21-18(23)14-6-3-4-10-22(14)28(24,25)16-7-5-11-26-16/h5,7-9,11,14H,3-4,6,10H2,1-2H3,(H,20,21,23). The van der Waals surface area contributed by atoms with Crippen molar-refractivity contribution in [3.05, 3.63) is 40.8 Å².